The summed E-state index contributed by atoms with van der Waals surface area (Å²) in [6.07, 6.45) is 1.95. The molecule has 4 N–H and O–H groups in total. The summed E-state index contributed by atoms with van der Waals surface area (Å²) in [6, 6.07) is 5.48. The van der Waals surface area contributed by atoms with Gasteiger partial charge in [0.15, 0.2) is 0 Å². The van der Waals surface area contributed by atoms with Crippen molar-refractivity contribution in [3.05, 3.63) is 24.3 Å². The fourth-order valence-corrected chi connectivity index (χ4v) is 4.03. The maximum atomic E-state index is 13.0. The maximum absolute atomic E-state index is 13.0. The maximum Gasteiger partial charge on any atom is 0.323 e. The van der Waals surface area contributed by atoms with Crippen LogP contribution in [-0.4, -0.2) is 66.0 Å². The molecular weight excluding hydrogens is 370 g/mol. The first-order valence-electron chi connectivity index (χ1n) is 8.82. The summed E-state index contributed by atoms with van der Waals surface area (Å²) in [4.78, 5) is 37.8. The number of benzene rings is 1. The van der Waals surface area contributed by atoms with E-state index in [0.717, 1.165) is 17.9 Å². The largest absolute Gasteiger partial charge is 0.480 e. The van der Waals surface area contributed by atoms with Gasteiger partial charge in [0.05, 0.1) is 11.7 Å². The summed E-state index contributed by atoms with van der Waals surface area (Å²) in [5.41, 5.74) is 0.542. The third-order valence-electron chi connectivity index (χ3n) is 4.29. The Hall–Kier alpha value is -2.10. The highest BCUT2D eigenvalue weighted by Gasteiger charge is 2.34. The number of carbonyl (C=O) groups is 3. The van der Waals surface area contributed by atoms with Crippen molar-refractivity contribution in [3.8, 4) is 0 Å². The second kappa shape index (κ2) is 10.3. The highest BCUT2D eigenvalue weighted by molar-refractivity contribution is 7.99. The molecule has 1 aromatic carbocycles. The van der Waals surface area contributed by atoms with Gasteiger partial charge in [-0.25, -0.2) is 0 Å². The lowest BCUT2D eigenvalue weighted by molar-refractivity contribution is -0.140. The average molecular weight is 395 g/mol. The number of carboxylic acids is 2. The minimum Gasteiger partial charge on any atom is -0.480 e. The molecule has 0 aromatic heterocycles. The Bertz CT molecular complexity index is 685. The standard InChI is InChI=1S/C18H25N3O5S/c1-19-9-5-4-6-12(18(25)26)20-13-11-27-15-8-3-2-7-14(15)21(17(13)24)10-16(22)23/h2-3,7-8,12-13,19-20H,4-6,9-11H2,1H3,(H,22,23)(H,25,26)/t12-,13?/m1/s1. The smallest absolute Gasteiger partial charge is 0.323 e. The van der Waals surface area contributed by atoms with E-state index >= 15 is 0 Å². The molecule has 27 heavy (non-hydrogen) atoms. The van der Waals surface area contributed by atoms with Gasteiger partial charge in [0.2, 0.25) is 5.91 Å². The van der Waals surface area contributed by atoms with Crippen molar-refractivity contribution < 1.29 is 24.6 Å². The number of thioether (sulfide) groups is 1. The lowest BCUT2D eigenvalue weighted by Crippen LogP contribution is -2.53. The van der Waals surface area contributed by atoms with E-state index in [0.29, 0.717) is 24.3 Å². The Labute approximate surface area is 162 Å². The molecule has 0 bridgehead atoms. The molecule has 0 radical (unpaired) electrons. The summed E-state index contributed by atoms with van der Waals surface area (Å²) in [7, 11) is 1.84. The highest BCUT2D eigenvalue weighted by atomic mass is 32.2. The molecule has 1 heterocycles. The van der Waals surface area contributed by atoms with E-state index in [-0.39, 0.29) is 0 Å². The molecule has 1 amide bonds. The molecule has 0 saturated heterocycles. The number of unbranched alkanes of at least 4 members (excludes halogenated alkanes) is 1. The summed E-state index contributed by atoms with van der Waals surface area (Å²) in [6.45, 7) is 0.334. The number of anilines is 1. The van der Waals surface area contributed by atoms with Crippen molar-refractivity contribution in [1.82, 2.24) is 10.6 Å². The lowest BCUT2D eigenvalue weighted by atomic mass is 10.1. The number of hydrogen-bond donors (Lipinski definition) is 4. The molecule has 0 aliphatic carbocycles. The number of rotatable bonds is 10. The fourth-order valence-electron chi connectivity index (χ4n) is 2.94. The molecule has 148 valence electrons. The fraction of sp³-hybridized carbons (Fsp3) is 0.500. The number of nitrogens with zero attached hydrogens (tertiary/aromatic N) is 1. The molecule has 1 unspecified atom stereocenters. The number of para-hydroxylation sites is 1. The Morgan fingerprint density at radius 3 is 2.70 bits per heavy atom. The van der Waals surface area contributed by atoms with Crippen molar-refractivity contribution in [1.29, 1.82) is 0 Å². The van der Waals surface area contributed by atoms with Crippen LogP contribution in [0, 0.1) is 0 Å². The van der Waals surface area contributed by atoms with Gasteiger partial charge in [0.25, 0.3) is 0 Å². The molecule has 8 nitrogen and oxygen atoms in total. The zero-order chi connectivity index (χ0) is 19.8. The molecule has 0 spiro atoms. The predicted octanol–water partition coefficient (Wildman–Crippen LogP) is 1.01. The molecular formula is C18H25N3O5S. The summed E-state index contributed by atoms with van der Waals surface area (Å²) >= 11 is 1.42. The van der Waals surface area contributed by atoms with E-state index in [1.54, 1.807) is 12.1 Å². The van der Waals surface area contributed by atoms with Gasteiger partial charge in [-0.05, 0) is 38.6 Å². The van der Waals surface area contributed by atoms with Crippen LogP contribution in [0.3, 0.4) is 0 Å². The number of fused-ring (bicyclic) bond motifs is 1. The van der Waals surface area contributed by atoms with Crippen molar-refractivity contribution in [2.75, 3.05) is 30.8 Å². The van der Waals surface area contributed by atoms with Crippen LogP contribution in [0.25, 0.3) is 0 Å². The van der Waals surface area contributed by atoms with Crippen molar-refractivity contribution >= 4 is 35.3 Å². The number of amides is 1. The summed E-state index contributed by atoms with van der Waals surface area (Å²) in [5.74, 6) is -2.21. The van der Waals surface area contributed by atoms with Gasteiger partial charge in [0.1, 0.15) is 12.6 Å². The molecule has 1 aliphatic heterocycles. The van der Waals surface area contributed by atoms with E-state index < -0.39 is 36.5 Å². The number of carbonyl (C=O) groups excluding carboxylic acids is 1. The Balaban J connectivity index is 2.15. The molecule has 2 rings (SSSR count). The first-order valence-corrected chi connectivity index (χ1v) is 9.81. The quantitative estimate of drug-likeness (QED) is 0.434. The van der Waals surface area contributed by atoms with Gasteiger partial charge in [-0.2, -0.15) is 0 Å². The van der Waals surface area contributed by atoms with Crippen molar-refractivity contribution in [2.45, 2.75) is 36.2 Å². The third-order valence-corrected chi connectivity index (χ3v) is 5.45. The van der Waals surface area contributed by atoms with Gasteiger partial charge in [0, 0.05) is 10.6 Å². The summed E-state index contributed by atoms with van der Waals surface area (Å²) < 4.78 is 0. The molecule has 9 heteroatoms. The molecule has 2 atom stereocenters. The van der Waals surface area contributed by atoms with E-state index in [1.807, 2.05) is 19.2 Å². The van der Waals surface area contributed by atoms with E-state index in [4.69, 9.17) is 0 Å². The Morgan fingerprint density at radius 2 is 2.04 bits per heavy atom. The molecule has 0 saturated carbocycles. The number of aliphatic carboxylic acids is 2. The Morgan fingerprint density at radius 1 is 1.30 bits per heavy atom. The van der Waals surface area contributed by atoms with E-state index in [1.165, 1.54) is 16.7 Å². The van der Waals surface area contributed by atoms with Crippen molar-refractivity contribution in [2.24, 2.45) is 0 Å². The minimum absolute atomic E-state index is 0.340. The van der Waals surface area contributed by atoms with Crippen LogP contribution in [0.4, 0.5) is 5.69 Å². The predicted molar refractivity (Wildman–Crippen MR) is 103 cm³/mol. The van der Waals surface area contributed by atoms with Crippen LogP contribution in [0.5, 0.6) is 0 Å². The lowest BCUT2D eigenvalue weighted by Gasteiger charge is -2.26. The third kappa shape index (κ3) is 5.95. The van der Waals surface area contributed by atoms with E-state index in [2.05, 4.69) is 10.6 Å². The van der Waals surface area contributed by atoms with Crippen LogP contribution in [0.2, 0.25) is 0 Å². The van der Waals surface area contributed by atoms with Gasteiger partial charge in [-0.1, -0.05) is 18.6 Å². The van der Waals surface area contributed by atoms with Crippen LogP contribution in [-0.2, 0) is 14.4 Å². The van der Waals surface area contributed by atoms with E-state index in [9.17, 15) is 24.6 Å². The van der Waals surface area contributed by atoms with Gasteiger partial charge in [-0.15, -0.1) is 11.8 Å². The normalized spacial score (nSPS) is 17.9. The highest BCUT2D eigenvalue weighted by Crippen LogP contribution is 2.34. The number of nitrogens with one attached hydrogen (secondary N) is 2. The van der Waals surface area contributed by atoms with Gasteiger partial charge in [-0.3, -0.25) is 24.6 Å². The SMILES string of the molecule is CNCCCC[C@@H](NC1CSc2ccccc2N(CC(=O)O)C1=O)C(=O)O. The first-order chi connectivity index (χ1) is 12.9. The topological polar surface area (TPSA) is 119 Å². The average Bonchev–Trinajstić information content (AvgIpc) is 2.75. The minimum atomic E-state index is -1.12. The van der Waals surface area contributed by atoms with Crippen LogP contribution >= 0.6 is 11.8 Å². The van der Waals surface area contributed by atoms with Crippen LogP contribution < -0.4 is 15.5 Å². The Kier molecular flexibility index (Phi) is 8.08. The summed E-state index contributed by atoms with van der Waals surface area (Å²) in [5, 5.41) is 24.6. The first kappa shape index (κ1) is 21.2. The molecule has 0 fully saturated rings. The van der Waals surface area contributed by atoms with Crippen molar-refractivity contribution in [3.63, 3.8) is 0 Å². The van der Waals surface area contributed by atoms with Gasteiger partial charge >= 0.3 is 11.9 Å². The van der Waals surface area contributed by atoms with Gasteiger partial charge < -0.3 is 15.5 Å². The zero-order valence-corrected chi connectivity index (χ0v) is 16.0. The second-order valence-corrected chi connectivity index (χ2v) is 7.37. The van der Waals surface area contributed by atoms with Crippen LogP contribution in [0.15, 0.2) is 29.2 Å². The number of hydrogen-bond acceptors (Lipinski definition) is 6. The second-order valence-electron chi connectivity index (χ2n) is 6.31. The van der Waals surface area contributed by atoms with Crippen LogP contribution in [0.1, 0.15) is 19.3 Å². The monoisotopic (exact) mass is 395 g/mol. The zero-order valence-electron chi connectivity index (χ0n) is 15.2. The molecule has 1 aromatic rings. The number of carboxylic acid groups (broad SMARTS) is 2. The molecule has 1 aliphatic rings.